The van der Waals surface area contributed by atoms with Crippen LogP contribution in [0.5, 0.6) is 0 Å². The molecule has 1 amide bonds. The molecule has 0 unspecified atom stereocenters. The van der Waals surface area contributed by atoms with E-state index in [1.54, 1.807) is 4.90 Å². The van der Waals surface area contributed by atoms with Gasteiger partial charge in [0.15, 0.2) is 0 Å². The zero-order chi connectivity index (χ0) is 12.1. The van der Waals surface area contributed by atoms with Gasteiger partial charge in [-0.05, 0) is 43.9 Å². The lowest BCUT2D eigenvalue weighted by atomic mass is 10.0. The summed E-state index contributed by atoms with van der Waals surface area (Å²) < 4.78 is 0. The van der Waals surface area contributed by atoms with E-state index in [4.69, 9.17) is 0 Å². The van der Waals surface area contributed by atoms with Gasteiger partial charge in [0.25, 0.3) is 5.91 Å². The summed E-state index contributed by atoms with van der Waals surface area (Å²) in [7, 11) is 0. The summed E-state index contributed by atoms with van der Waals surface area (Å²) >= 11 is 0. The number of carbonyl (C=O) groups excluding carboxylic acids is 1. The number of rotatable bonds is 3. The lowest BCUT2D eigenvalue weighted by molar-refractivity contribution is -0.113. The van der Waals surface area contributed by atoms with E-state index in [0.717, 1.165) is 30.6 Å². The SMILES string of the molecule is C=CC(=O)N(C1=CCCCC1)c1ccccc1. The summed E-state index contributed by atoms with van der Waals surface area (Å²) in [6.45, 7) is 3.58. The van der Waals surface area contributed by atoms with E-state index in [9.17, 15) is 4.79 Å². The number of nitrogens with zero attached hydrogens (tertiary/aromatic N) is 1. The molecule has 88 valence electrons. The summed E-state index contributed by atoms with van der Waals surface area (Å²) in [6, 6.07) is 9.76. The Balaban J connectivity index is 2.34. The van der Waals surface area contributed by atoms with Crippen molar-refractivity contribution in [1.82, 2.24) is 0 Å². The van der Waals surface area contributed by atoms with Crippen molar-refractivity contribution in [2.24, 2.45) is 0 Å². The number of hydrogen-bond acceptors (Lipinski definition) is 1. The first-order chi connectivity index (χ1) is 8.33. The van der Waals surface area contributed by atoms with Crippen LogP contribution in [0, 0.1) is 0 Å². The average molecular weight is 227 g/mol. The van der Waals surface area contributed by atoms with Crippen molar-refractivity contribution < 1.29 is 4.79 Å². The van der Waals surface area contributed by atoms with Gasteiger partial charge in [-0.25, -0.2) is 0 Å². The fraction of sp³-hybridized carbons (Fsp3) is 0.267. The Kier molecular flexibility index (Phi) is 3.76. The second kappa shape index (κ2) is 5.48. The Hall–Kier alpha value is -1.83. The molecule has 0 N–H and O–H groups in total. The normalized spacial score (nSPS) is 14.9. The third-order valence-electron chi connectivity index (χ3n) is 2.96. The van der Waals surface area contributed by atoms with Gasteiger partial charge in [0, 0.05) is 11.4 Å². The van der Waals surface area contributed by atoms with Crippen molar-refractivity contribution in [3.63, 3.8) is 0 Å². The molecule has 2 heteroatoms. The van der Waals surface area contributed by atoms with Gasteiger partial charge in [0.05, 0.1) is 0 Å². The predicted octanol–water partition coefficient (Wildman–Crippen LogP) is 3.66. The molecule has 0 saturated heterocycles. The molecule has 0 atom stereocenters. The van der Waals surface area contributed by atoms with Crippen molar-refractivity contribution in [3.05, 3.63) is 54.8 Å². The van der Waals surface area contributed by atoms with Crippen molar-refractivity contribution in [1.29, 1.82) is 0 Å². The maximum Gasteiger partial charge on any atom is 0.254 e. The van der Waals surface area contributed by atoms with Gasteiger partial charge in [-0.1, -0.05) is 30.9 Å². The molecular formula is C15H17NO. The van der Waals surface area contributed by atoms with Gasteiger partial charge in [0.2, 0.25) is 0 Å². The summed E-state index contributed by atoms with van der Waals surface area (Å²) in [5.41, 5.74) is 2.03. The Morgan fingerprint density at radius 2 is 2.00 bits per heavy atom. The number of hydrogen-bond donors (Lipinski definition) is 0. The maximum absolute atomic E-state index is 12.0. The first kappa shape index (κ1) is 11.6. The van der Waals surface area contributed by atoms with Crippen molar-refractivity contribution >= 4 is 11.6 Å². The van der Waals surface area contributed by atoms with Crippen molar-refractivity contribution in [3.8, 4) is 0 Å². The number of para-hydroxylation sites is 1. The van der Waals surface area contributed by atoms with Gasteiger partial charge in [-0.15, -0.1) is 0 Å². The zero-order valence-corrected chi connectivity index (χ0v) is 9.93. The summed E-state index contributed by atoms with van der Waals surface area (Å²) in [5.74, 6) is -0.0515. The van der Waals surface area contributed by atoms with E-state index >= 15 is 0 Å². The Morgan fingerprint density at radius 1 is 1.24 bits per heavy atom. The molecule has 0 aliphatic heterocycles. The molecule has 1 aliphatic rings. The Bertz CT molecular complexity index is 433. The van der Waals surface area contributed by atoms with Crippen molar-refractivity contribution in [2.75, 3.05) is 4.90 Å². The molecule has 2 rings (SSSR count). The van der Waals surface area contributed by atoms with E-state index in [0.29, 0.717) is 0 Å². The molecule has 1 aliphatic carbocycles. The van der Waals surface area contributed by atoms with E-state index in [1.165, 1.54) is 12.5 Å². The van der Waals surface area contributed by atoms with Crippen LogP contribution in [0.1, 0.15) is 25.7 Å². The number of amides is 1. The summed E-state index contributed by atoms with van der Waals surface area (Å²) in [5, 5.41) is 0. The van der Waals surface area contributed by atoms with Gasteiger partial charge in [-0.3, -0.25) is 9.69 Å². The maximum atomic E-state index is 12.0. The number of allylic oxidation sites excluding steroid dienone is 2. The highest BCUT2D eigenvalue weighted by molar-refractivity contribution is 6.03. The zero-order valence-electron chi connectivity index (χ0n) is 9.93. The van der Waals surface area contributed by atoms with Gasteiger partial charge in [0.1, 0.15) is 0 Å². The van der Waals surface area contributed by atoms with Crippen LogP contribution in [-0.2, 0) is 4.79 Å². The summed E-state index contributed by atoms with van der Waals surface area (Å²) in [4.78, 5) is 13.7. The molecule has 17 heavy (non-hydrogen) atoms. The molecule has 0 fully saturated rings. The number of benzene rings is 1. The first-order valence-corrected chi connectivity index (χ1v) is 6.03. The van der Waals surface area contributed by atoms with Crippen LogP contribution in [0.15, 0.2) is 54.8 Å². The van der Waals surface area contributed by atoms with Crippen LogP contribution < -0.4 is 4.90 Å². The van der Waals surface area contributed by atoms with Crippen LogP contribution in [0.3, 0.4) is 0 Å². The molecule has 0 radical (unpaired) electrons. The molecule has 0 saturated carbocycles. The second-order valence-electron chi connectivity index (χ2n) is 4.15. The minimum absolute atomic E-state index is 0.0515. The van der Waals surface area contributed by atoms with Crippen LogP contribution in [-0.4, -0.2) is 5.91 Å². The Labute approximate surface area is 102 Å². The number of anilines is 1. The Morgan fingerprint density at radius 3 is 2.59 bits per heavy atom. The average Bonchev–Trinajstić information content (AvgIpc) is 2.41. The largest absolute Gasteiger partial charge is 0.282 e. The van der Waals surface area contributed by atoms with E-state index in [1.807, 2.05) is 30.3 Å². The van der Waals surface area contributed by atoms with Crippen LogP contribution in [0.2, 0.25) is 0 Å². The molecule has 0 bridgehead atoms. The third-order valence-corrected chi connectivity index (χ3v) is 2.96. The second-order valence-corrected chi connectivity index (χ2v) is 4.15. The highest BCUT2D eigenvalue weighted by atomic mass is 16.2. The van der Waals surface area contributed by atoms with E-state index in [2.05, 4.69) is 12.7 Å². The molecule has 0 aromatic heterocycles. The highest BCUT2D eigenvalue weighted by Crippen LogP contribution is 2.26. The lowest BCUT2D eigenvalue weighted by Gasteiger charge is -2.26. The number of carbonyl (C=O) groups is 1. The quantitative estimate of drug-likeness (QED) is 0.721. The summed E-state index contributed by atoms with van der Waals surface area (Å²) in [6.07, 6.45) is 7.94. The van der Waals surface area contributed by atoms with Gasteiger partial charge in [-0.2, -0.15) is 0 Å². The molecule has 1 aromatic carbocycles. The lowest BCUT2D eigenvalue weighted by Crippen LogP contribution is -2.29. The minimum atomic E-state index is -0.0515. The smallest absolute Gasteiger partial charge is 0.254 e. The highest BCUT2D eigenvalue weighted by Gasteiger charge is 2.18. The van der Waals surface area contributed by atoms with Crippen LogP contribution in [0.4, 0.5) is 5.69 Å². The molecule has 2 nitrogen and oxygen atoms in total. The van der Waals surface area contributed by atoms with E-state index in [-0.39, 0.29) is 5.91 Å². The van der Waals surface area contributed by atoms with Crippen LogP contribution >= 0.6 is 0 Å². The van der Waals surface area contributed by atoms with Gasteiger partial charge >= 0.3 is 0 Å². The third kappa shape index (κ3) is 2.64. The molecule has 1 aromatic rings. The fourth-order valence-electron chi connectivity index (χ4n) is 2.13. The van der Waals surface area contributed by atoms with E-state index < -0.39 is 0 Å². The molecular weight excluding hydrogens is 210 g/mol. The first-order valence-electron chi connectivity index (χ1n) is 6.03. The van der Waals surface area contributed by atoms with Gasteiger partial charge < -0.3 is 0 Å². The van der Waals surface area contributed by atoms with Crippen molar-refractivity contribution in [2.45, 2.75) is 25.7 Å². The minimum Gasteiger partial charge on any atom is -0.282 e. The fourth-order valence-corrected chi connectivity index (χ4v) is 2.13. The standard InChI is InChI=1S/C15H17NO/c1-2-15(17)16(13-9-5-3-6-10-13)14-11-7-4-8-12-14/h2-3,5-6,9-11H,1,4,7-8,12H2. The topological polar surface area (TPSA) is 20.3 Å². The monoisotopic (exact) mass is 227 g/mol. The predicted molar refractivity (Wildman–Crippen MR) is 70.7 cm³/mol. The molecule has 0 heterocycles. The molecule has 0 spiro atoms. The van der Waals surface area contributed by atoms with Crippen LogP contribution in [0.25, 0.3) is 0 Å².